The van der Waals surface area contributed by atoms with Gasteiger partial charge in [0, 0.05) is 38.8 Å². The minimum atomic E-state index is -4.82. The summed E-state index contributed by atoms with van der Waals surface area (Å²) in [7, 11) is 0. The van der Waals surface area contributed by atoms with Gasteiger partial charge in [0.1, 0.15) is 5.82 Å². The fourth-order valence-corrected chi connectivity index (χ4v) is 3.95. The maximum atomic E-state index is 14.2. The van der Waals surface area contributed by atoms with Crippen molar-refractivity contribution >= 4 is 40.5 Å². The second-order valence-corrected chi connectivity index (χ2v) is 8.20. The predicted octanol–water partition coefficient (Wildman–Crippen LogP) is 6.97. The second kappa shape index (κ2) is 8.68. The Morgan fingerprint density at radius 2 is 1.67 bits per heavy atom. The molecule has 0 radical (unpaired) electrons. The molecule has 0 aliphatic carbocycles. The normalized spacial score (nSPS) is 17.9. The molecule has 0 saturated heterocycles. The van der Waals surface area contributed by atoms with Gasteiger partial charge in [0.25, 0.3) is 11.5 Å². The molecule has 0 spiro atoms. The highest BCUT2D eigenvalue weighted by Gasteiger charge is 2.62. The molecule has 170 valence electrons. The van der Waals surface area contributed by atoms with Crippen LogP contribution in [0.4, 0.5) is 23.2 Å². The molecule has 1 N–H and O–H groups in total. The molecule has 33 heavy (non-hydrogen) atoms. The lowest BCUT2D eigenvalue weighted by atomic mass is 9.86. The first-order valence-electron chi connectivity index (χ1n) is 9.53. The number of halogens is 6. The summed E-state index contributed by atoms with van der Waals surface area (Å²) < 4.78 is 55.5. The Morgan fingerprint density at radius 1 is 1.00 bits per heavy atom. The fourth-order valence-electron chi connectivity index (χ4n) is 3.43. The van der Waals surface area contributed by atoms with Gasteiger partial charge in [0.15, 0.2) is 0 Å². The lowest BCUT2D eigenvalue weighted by Crippen LogP contribution is -2.42. The molecular weight excluding hydrogens is 483 g/mol. The molecule has 1 amide bonds. The Kier molecular flexibility index (Phi) is 6.07. The zero-order valence-electron chi connectivity index (χ0n) is 16.6. The van der Waals surface area contributed by atoms with Gasteiger partial charge in [-0.1, -0.05) is 40.5 Å². The minimum absolute atomic E-state index is 0.0290. The summed E-state index contributed by atoms with van der Waals surface area (Å²) in [5, 5.41) is 6.39. The van der Waals surface area contributed by atoms with Crippen molar-refractivity contribution in [2.24, 2.45) is 5.16 Å². The maximum Gasteiger partial charge on any atom is 0.435 e. The molecular formula is C23H14Cl2F4N2O2. The van der Waals surface area contributed by atoms with Crippen molar-refractivity contribution in [3.05, 3.63) is 99.3 Å². The van der Waals surface area contributed by atoms with Gasteiger partial charge >= 0.3 is 6.18 Å². The third-order valence-electron chi connectivity index (χ3n) is 5.07. The maximum absolute atomic E-state index is 14.2. The average molecular weight is 497 g/mol. The number of hydrogen-bond acceptors (Lipinski definition) is 3. The first kappa shape index (κ1) is 23.1. The van der Waals surface area contributed by atoms with Crippen LogP contribution >= 0.6 is 23.2 Å². The topological polar surface area (TPSA) is 50.7 Å². The van der Waals surface area contributed by atoms with Crippen LogP contribution < -0.4 is 5.32 Å². The van der Waals surface area contributed by atoms with Gasteiger partial charge in [0.2, 0.25) is 0 Å². The average Bonchev–Trinajstić information content (AvgIpc) is 3.21. The van der Waals surface area contributed by atoms with Crippen molar-refractivity contribution in [3.8, 4) is 0 Å². The summed E-state index contributed by atoms with van der Waals surface area (Å²) in [4.78, 5) is 17.4. The van der Waals surface area contributed by atoms with E-state index in [-0.39, 0.29) is 26.9 Å². The molecule has 0 aromatic heterocycles. The van der Waals surface area contributed by atoms with Gasteiger partial charge < -0.3 is 10.2 Å². The summed E-state index contributed by atoms with van der Waals surface area (Å²) in [6.45, 7) is 0. The highest BCUT2D eigenvalue weighted by Crippen LogP contribution is 2.49. The standard InChI is InChI=1S/C23H14Cl2F4N2O2/c24-16-9-15(10-17(25)11-16)22(23(27,28)29)12-20(31-33-22)14-2-1-3-19(8-14)30-21(32)13-4-6-18(26)7-5-13/h1-11H,12H2,(H,30,32). The van der Waals surface area contributed by atoms with Gasteiger partial charge in [-0.15, -0.1) is 0 Å². The van der Waals surface area contributed by atoms with Crippen LogP contribution in [-0.4, -0.2) is 17.8 Å². The van der Waals surface area contributed by atoms with E-state index in [9.17, 15) is 22.4 Å². The number of amides is 1. The third kappa shape index (κ3) is 4.67. The Bertz CT molecular complexity index is 1230. The number of hydrogen-bond donors (Lipinski definition) is 1. The molecule has 1 heterocycles. The summed E-state index contributed by atoms with van der Waals surface area (Å²) in [5.74, 6) is -0.989. The quantitative estimate of drug-likeness (QED) is 0.396. The van der Waals surface area contributed by atoms with Gasteiger partial charge in [0.05, 0.1) is 5.71 Å². The monoisotopic (exact) mass is 496 g/mol. The number of rotatable bonds is 4. The molecule has 1 atom stereocenters. The van der Waals surface area contributed by atoms with Crippen molar-refractivity contribution in [3.63, 3.8) is 0 Å². The largest absolute Gasteiger partial charge is 0.435 e. The van der Waals surface area contributed by atoms with E-state index in [1.165, 1.54) is 24.3 Å². The van der Waals surface area contributed by atoms with E-state index < -0.39 is 29.9 Å². The van der Waals surface area contributed by atoms with Crippen LogP contribution in [0.5, 0.6) is 0 Å². The molecule has 1 unspecified atom stereocenters. The minimum Gasteiger partial charge on any atom is -0.374 e. The van der Waals surface area contributed by atoms with Crippen molar-refractivity contribution < 1.29 is 27.2 Å². The summed E-state index contributed by atoms with van der Waals surface area (Å²) in [6.07, 6.45) is -5.44. The zero-order valence-corrected chi connectivity index (χ0v) is 18.1. The van der Waals surface area contributed by atoms with Crippen LogP contribution in [0.2, 0.25) is 10.0 Å². The Hall–Kier alpha value is -3.10. The van der Waals surface area contributed by atoms with Gasteiger partial charge in [-0.05, 0) is 54.6 Å². The summed E-state index contributed by atoms with van der Waals surface area (Å²) in [6, 6.07) is 14.7. The van der Waals surface area contributed by atoms with Crippen molar-refractivity contribution in [1.82, 2.24) is 0 Å². The number of nitrogens with zero attached hydrogens (tertiary/aromatic N) is 1. The van der Waals surface area contributed by atoms with E-state index >= 15 is 0 Å². The van der Waals surface area contributed by atoms with E-state index in [0.29, 0.717) is 11.3 Å². The van der Waals surface area contributed by atoms with Gasteiger partial charge in [-0.3, -0.25) is 4.79 Å². The Labute approximate surface area is 195 Å². The highest BCUT2D eigenvalue weighted by atomic mass is 35.5. The molecule has 4 rings (SSSR count). The zero-order chi connectivity index (χ0) is 23.8. The molecule has 0 bridgehead atoms. The summed E-state index contributed by atoms with van der Waals surface area (Å²) >= 11 is 11.8. The number of benzene rings is 3. The van der Waals surface area contributed by atoms with E-state index in [1.54, 1.807) is 18.2 Å². The molecule has 1 aliphatic rings. The molecule has 3 aromatic carbocycles. The van der Waals surface area contributed by atoms with Crippen LogP contribution in [0.15, 0.2) is 71.9 Å². The molecule has 0 saturated carbocycles. The van der Waals surface area contributed by atoms with Crippen LogP contribution in [-0.2, 0) is 10.4 Å². The number of carbonyl (C=O) groups excluding carboxylic acids is 1. The number of nitrogens with one attached hydrogen (secondary N) is 1. The van der Waals surface area contributed by atoms with Crippen LogP contribution in [0.25, 0.3) is 0 Å². The Balaban J connectivity index is 1.60. The van der Waals surface area contributed by atoms with Crippen LogP contribution in [0.3, 0.4) is 0 Å². The smallest absolute Gasteiger partial charge is 0.374 e. The van der Waals surface area contributed by atoms with E-state index in [4.69, 9.17) is 28.0 Å². The third-order valence-corrected chi connectivity index (χ3v) is 5.51. The van der Waals surface area contributed by atoms with Crippen LogP contribution in [0, 0.1) is 5.82 Å². The lowest BCUT2D eigenvalue weighted by molar-refractivity contribution is -0.275. The molecule has 3 aromatic rings. The fraction of sp³-hybridized carbons (Fsp3) is 0.130. The Morgan fingerprint density at radius 3 is 2.30 bits per heavy atom. The molecule has 4 nitrogen and oxygen atoms in total. The first-order valence-corrected chi connectivity index (χ1v) is 10.3. The number of oxime groups is 1. The van der Waals surface area contributed by atoms with Crippen LogP contribution in [0.1, 0.15) is 27.9 Å². The van der Waals surface area contributed by atoms with Gasteiger partial charge in [-0.25, -0.2) is 4.39 Å². The first-order chi connectivity index (χ1) is 15.6. The number of carbonyl (C=O) groups is 1. The van der Waals surface area contributed by atoms with Gasteiger partial charge in [-0.2, -0.15) is 13.2 Å². The van der Waals surface area contributed by atoms with Crippen molar-refractivity contribution in [2.75, 3.05) is 5.32 Å². The summed E-state index contributed by atoms with van der Waals surface area (Å²) in [5.41, 5.74) is -2.14. The lowest BCUT2D eigenvalue weighted by Gasteiger charge is -2.29. The predicted molar refractivity (Wildman–Crippen MR) is 117 cm³/mol. The van der Waals surface area contributed by atoms with E-state index in [2.05, 4.69) is 10.5 Å². The number of anilines is 1. The molecule has 10 heteroatoms. The van der Waals surface area contributed by atoms with E-state index in [0.717, 1.165) is 24.3 Å². The van der Waals surface area contributed by atoms with E-state index in [1.807, 2.05) is 0 Å². The highest BCUT2D eigenvalue weighted by molar-refractivity contribution is 6.34. The molecule has 1 aliphatic heterocycles. The second-order valence-electron chi connectivity index (χ2n) is 7.33. The van der Waals surface area contributed by atoms with Crippen molar-refractivity contribution in [2.45, 2.75) is 18.2 Å². The molecule has 0 fully saturated rings. The van der Waals surface area contributed by atoms with Crippen molar-refractivity contribution in [1.29, 1.82) is 0 Å². The number of alkyl halides is 3. The SMILES string of the molecule is O=C(Nc1cccc(C2=NOC(c3cc(Cl)cc(Cl)c3)(C(F)(F)F)C2)c1)c1ccc(F)cc1.